The maximum Gasteiger partial charge on any atom is 0.325 e. The number of morpholine rings is 1. The van der Waals surface area contributed by atoms with Crippen molar-refractivity contribution in [2.45, 2.75) is 31.3 Å². The van der Waals surface area contributed by atoms with Gasteiger partial charge in [-0.3, -0.25) is 9.69 Å². The van der Waals surface area contributed by atoms with Crippen molar-refractivity contribution < 1.29 is 14.6 Å². The summed E-state index contributed by atoms with van der Waals surface area (Å²) in [7, 11) is 0. The van der Waals surface area contributed by atoms with E-state index in [1.165, 1.54) is 0 Å². The Morgan fingerprint density at radius 3 is 3.06 bits per heavy atom. The standard InChI is InChI=1S/C11H19NO3S/c1-2-9-7-15-5-4-12(9)11(10(13)14)3-6-16-8-11/h9H,2-8H2,1H3,(H,13,14). The Hall–Kier alpha value is -0.260. The number of nitrogens with zero attached hydrogens (tertiary/aromatic N) is 1. The minimum atomic E-state index is -0.655. The molecule has 4 nitrogen and oxygen atoms in total. The fourth-order valence-electron chi connectivity index (χ4n) is 2.63. The molecule has 2 atom stereocenters. The van der Waals surface area contributed by atoms with Gasteiger partial charge in [0.1, 0.15) is 5.54 Å². The van der Waals surface area contributed by atoms with Crippen LogP contribution in [0.5, 0.6) is 0 Å². The van der Waals surface area contributed by atoms with Crippen LogP contribution < -0.4 is 0 Å². The molecule has 0 bridgehead atoms. The summed E-state index contributed by atoms with van der Waals surface area (Å²) in [5, 5.41) is 9.53. The van der Waals surface area contributed by atoms with Gasteiger partial charge >= 0.3 is 5.97 Å². The molecular weight excluding hydrogens is 226 g/mol. The minimum absolute atomic E-state index is 0.267. The van der Waals surface area contributed by atoms with E-state index in [4.69, 9.17) is 4.74 Å². The minimum Gasteiger partial charge on any atom is -0.480 e. The Kier molecular flexibility index (Phi) is 3.77. The van der Waals surface area contributed by atoms with Crippen molar-refractivity contribution in [1.82, 2.24) is 4.90 Å². The van der Waals surface area contributed by atoms with Crippen molar-refractivity contribution in [1.29, 1.82) is 0 Å². The van der Waals surface area contributed by atoms with Gasteiger partial charge in [0.2, 0.25) is 0 Å². The quantitative estimate of drug-likeness (QED) is 0.805. The maximum absolute atomic E-state index is 11.6. The molecule has 2 saturated heterocycles. The van der Waals surface area contributed by atoms with Gasteiger partial charge in [-0.05, 0) is 18.6 Å². The molecule has 0 saturated carbocycles. The fourth-order valence-corrected chi connectivity index (χ4v) is 4.03. The molecule has 0 aromatic carbocycles. The lowest BCUT2D eigenvalue weighted by Crippen LogP contribution is -2.62. The number of aliphatic carboxylic acids is 1. The summed E-state index contributed by atoms with van der Waals surface area (Å²) in [5.74, 6) is 1.02. The number of carbonyl (C=O) groups is 1. The number of thioether (sulfide) groups is 1. The van der Waals surface area contributed by atoms with Crippen LogP contribution >= 0.6 is 11.8 Å². The van der Waals surface area contributed by atoms with Crippen LogP contribution in [0, 0.1) is 0 Å². The second-order valence-electron chi connectivity index (χ2n) is 4.47. The highest BCUT2D eigenvalue weighted by Gasteiger charge is 2.49. The average molecular weight is 245 g/mol. The molecule has 2 rings (SSSR count). The van der Waals surface area contributed by atoms with Crippen molar-refractivity contribution in [2.75, 3.05) is 31.3 Å². The Labute approximate surface area is 100 Å². The van der Waals surface area contributed by atoms with Gasteiger partial charge in [0.15, 0.2) is 0 Å². The summed E-state index contributed by atoms with van der Waals surface area (Å²) in [5.41, 5.74) is -0.630. The second-order valence-corrected chi connectivity index (χ2v) is 5.57. The van der Waals surface area contributed by atoms with E-state index in [-0.39, 0.29) is 6.04 Å². The SMILES string of the molecule is CCC1COCCN1C1(C(=O)O)CCSC1. The van der Waals surface area contributed by atoms with E-state index in [1.54, 1.807) is 11.8 Å². The van der Waals surface area contributed by atoms with Gasteiger partial charge in [-0.2, -0.15) is 11.8 Å². The number of rotatable bonds is 3. The van der Waals surface area contributed by atoms with E-state index in [2.05, 4.69) is 11.8 Å². The zero-order chi connectivity index (χ0) is 11.6. The Morgan fingerprint density at radius 1 is 1.69 bits per heavy atom. The van der Waals surface area contributed by atoms with Crippen LogP contribution in [-0.2, 0) is 9.53 Å². The maximum atomic E-state index is 11.6. The molecule has 0 aromatic rings. The zero-order valence-electron chi connectivity index (χ0n) is 9.65. The summed E-state index contributed by atoms with van der Waals surface area (Å²) in [6.45, 7) is 4.20. The predicted molar refractivity (Wildman–Crippen MR) is 63.9 cm³/mol. The van der Waals surface area contributed by atoms with E-state index in [1.807, 2.05) is 0 Å². The van der Waals surface area contributed by atoms with Gasteiger partial charge in [-0.1, -0.05) is 6.92 Å². The molecule has 0 aliphatic carbocycles. The van der Waals surface area contributed by atoms with Gasteiger partial charge in [-0.15, -0.1) is 0 Å². The summed E-state index contributed by atoms with van der Waals surface area (Å²) < 4.78 is 5.45. The molecule has 2 heterocycles. The highest BCUT2D eigenvalue weighted by molar-refractivity contribution is 7.99. The molecule has 5 heteroatoms. The summed E-state index contributed by atoms with van der Waals surface area (Å²) >= 11 is 1.75. The molecule has 16 heavy (non-hydrogen) atoms. The molecule has 2 fully saturated rings. The summed E-state index contributed by atoms with van der Waals surface area (Å²) in [6.07, 6.45) is 1.73. The van der Waals surface area contributed by atoms with Crippen molar-refractivity contribution in [2.24, 2.45) is 0 Å². The summed E-state index contributed by atoms with van der Waals surface area (Å²) in [6, 6.07) is 0.267. The Bertz CT molecular complexity index is 266. The lowest BCUT2D eigenvalue weighted by Gasteiger charge is -2.44. The van der Waals surface area contributed by atoms with E-state index >= 15 is 0 Å². The van der Waals surface area contributed by atoms with Gasteiger partial charge < -0.3 is 9.84 Å². The first-order valence-corrected chi connectivity index (χ1v) is 7.02. The highest BCUT2D eigenvalue weighted by atomic mass is 32.2. The van der Waals surface area contributed by atoms with E-state index in [0.29, 0.717) is 13.2 Å². The molecule has 2 aliphatic heterocycles. The molecule has 92 valence electrons. The molecule has 0 amide bonds. The van der Waals surface area contributed by atoms with Crippen LogP contribution in [0.4, 0.5) is 0 Å². The van der Waals surface area contributed by atoms with Crippen LogP contribution in [-0.4, -0.2) is 58.8 Å². The number of carboxylic acid groups (broad SMARTS) is 1. The zero-order valence-corrected chi connectivity index (χ0v) is 10.5. The normalized spacial score (nSPS) is 36.4. The van der Waals surface area contributed by atoms with Gasteiger partial charge in [0.05, 0.1) is 13.2 Å². The molecule has 0 spiro atoms. The Balaban J connectivity index is 2.20. The lowest BCUT2D eigenvalue weighted by atomic mass is 9.93. The molecule has 0 radical (unpaired) electrons. The van der Waals surface area contributed by atoms with E-state index in [0.717, 1.165) is 30.9 Å². The van der Waals surface area contributed by atoms with Crippen LogP contribution in [0.3, 0.4) is 0 Å². The number of hydrogen-bond acceptors (Lipinski definition) is 4. The van der Waals surface area contributed by atoms with Gasteiger partial charge in [0.25, 0.3) is 0 Å². The van der Waals surface area contributed by atoms with E-state index in [9.17, 15) is 9.90 Å². The third-order valence-corrected chi connectivity index (χ3v) is 4.82. The molecule has 2 aliphatic rings. The van der Waals surface area contributed by atoms with Crippen molar-refractivity contribution in [3.8, 4) is 0 Å². The molecule has 1 N–H and O–H groups in total. The van der Waals surface area contributed by atoms with Crippen molar-refractivity contribution in [3.63, 3.8) is 0 Å². The first-order valence-electron chi connectivity index (χ1n) is 5.86. The number of ether oxygens (including phenoxy) is 1. The van der Waals surface area contributed by atoms with Gasteiger partial charge in [0, 0.05) is 18.3 Å². The smallest absolute Gasteiger partial charge is 0.325 e. The predicted octanol–water partition coefficient (Wildman–Crippen LogP) is 1.06. The molecule has 2 unspecified atom stereocenters. The monoisotopic (exact) mass is 245 g/mol. The topological polar surface area (TPSA) is 49.8 Å². The fraction of sp³-hybridized carbons (Fsp3) is 0.909. The van der Waals surface area contributed by atoms with Crippen molar-refractivity contribution in [3.05, 3.63) is 0 Å². The van der Waals surface area contributed by atoms with Crippen LogP contribution in [0.15, 0.2) is 0 Å². The largest absolute Gasteiger partial charge is 0.480 e. The third kappa shape index (κ3) is 1.96. The molecular formula is C11H19NO3S. The average Bonchev–Trinajstić information content (AvgIpc) is 2.79. The van der Waals surface area contributed by atoms with Crippen LogP contribution in [0.2, 0.25) is 0 Å². The van der Waals surface area contributed by atoms with E-state index < -0.39 is 11.5 Å². The first-order chi connectivity index (χ1) is 7.70. The van der Waals surface area contributed by atoms with Crippen LogP contribution in [0.25, 0.3) is 0 Å². The Morgan fingerprint density at radius 2 is 2.50 bits per heavy atom. The molecule has 0 aromatic heterocycles. The number of carboxylic acids is 1. The van der Waals surface area contributed by atoms with Crippen LogP contribution in [0.1, 0.15) is 19.8 Å². The lowest BCUT2D eigenvalue weighted by molar-refractivity contribution is -0.156. The second kappa shape index (κ2) is 4.94. The summed E-state index contributed by atoms with van der Waals surface area (Å²) in [4.78, 5) is 13.8. The third-order valence-electron chi connectivity index (χ3n) is 3.65. The highest BCUT2D eigenvalue weighted by Crippen LogP contribution is 2.36. The van der Waals surface area contributed by atoms with Gasteiger partial charge in [-0.25, -0.2) is 0 Å². The van der Waals surface area contributed by atoms with Crippen molar-refractivity contribution >= 4 is 17.7 Å². The first kappa shape index (κ1) is 12.2. The number of hydrogen-bond donors (Lipinski definition) is 1.